The first-order valence-electron chi connectivity index (χ1n) is 9.85. The van der Waals surface area contributed by atoms with Crippen LogP contribution in [0.25, 0.3) is 0 Å². The molecule has 0 spiro atoms. The molecule has 27 heavy (non-hydrogen) atoms. The maximum absolute atomic E-state index is 13.2. The summed E-state index contributed by atoms with van der Waals surface area (Å²) in [5.74, 6) is 2.83. The molecule has 1 aromatic heterocycles. The molecule has 6 nitrogen and oxygen atoms in total. The van der Waals surface area contributed by atoms with Gasteiger partial charge >= 0.3 is 0 Å². The highest BCUT2D eigenvalue weighted by Gasteiger charge is 2.53. The van der Waals surface area contributed by atoms with E-state index in [0.717, 1.165) is 80.6 Å². The number of hydrogen-bond donors (Lipinski definition) is 1. The van der Waals surface area contributed by atoms with Crippen LogP contribution >= 0.6 is 11.6 Å². The van der Waals surface area contributed by atoms with Crippen LogP contribution in [-0.2, 0) is 23.3 Å². The van der Waals surface area contributed by atoms with Crippen LogP contribution < -0.4 is 5.32 Å². The summed E-state index contributed by atoms with van der Waals surface area (Å²) in [6.07, 6.45) is 3.82. The Morgan fingerprint density at radius 1 is 1.11 bits per heavy atom. The molecule has 1 amide bonds. The van der Waals surface area contributed by atoms with Crippen molar-refractivity contribution in [2.45, 2.75) is 50.1 Å². The largest absolute Gasteiger partial charge is 0.342 e. The second kappa shape index (κ2) is 6.60. The van der Waals surface area contributed by atoms with Gasteiger partial charge in [0.25, 0.3) is 0 Å². The van der Waals surface area contributed by atoms with Crippen LogP contribution in [0.5, 0.6) is 0 Å². The fourth-order valence-electron chi connectivity index (χ4n) is 4.58. The Kier molecular flexibility index (Phi) is 4.20. The molecule has 3 heterocycles. The van der Waals surface area contributed by atoms with Crippen molar-refractivity contribution in [2.75, 3.05) is 19.6 Å². The van der Waals surface area contributed by atoms with Crippen molar-refractivity contribution in [1.82, 2.24) is 25.0 Å². The zero-order chi connectivity index (χ0) is 18.4. The van der Waals surface area contributed by atoms with Gasteiger partial charge in [-0.25, -0.2) is 0 Å². The van der Waals surface area contributed by atoms with Crippen molar-refractivity contribution < 1.29 is 4.79 Å². The van der Waals surface area contributed by atoms with Crippen molar-refractivity contribution in [2.24, 2.45) is 0 Å². The molecule has 2 aromatic rings. The molecule has 1 aromatic carbocycles. The second-order valence-corrected chi connectivity index (χ2v) is 8.39. The summed E-state index contributed by atoms with van der Waals surface area (Å²) >= 11 is 6.01. The van der Waals surface area contributed by atoms with E-state index in [1.165, 1.54) is 0 Å². The summed E-state index contributed by atoms with van der Waals surface area (Å²) in [7, 11) is 0. The molecule has 0 bridgehead atoms. The molecule has 142 valence electrons. The van der Waals surface area contributed by atoms with Gasteiger partial charge in [0.2, 0.25) is 5.91 Å². The maximum atomic E-state index is 13.2. The Balaban J connectivity index is 1.27. The quantitative estimate of drug-likeness (QED) is 0.881. The third-order valence-corrected chi connectivity index (χ3v) is 6.61. The molecule has 3 aliphatic rings. The molecule has 2 fully saturated rings. The fraction of sp³-hybridized carbons (Fsp3) is 0.550. The lowest BCUT2D eigenvalue weighted by atomic mass is 9.91. The average Bonchev–Trinajstić information content (AvgIpc) is 3.41. The Labute approximate surface area is 163 Å². The van der Waals surface area contributed by atoms with Gasteiger partial charge in [0, 0.05) is 37.1 Å². The van der Waals surface area contributed by atoms with Crippen molar-refractivity contribution in [3.05, 3.63) is 46.5 Å². The smallest absolute Gasteiger partial charge is 0.233 e. The van der Waals surface area contributed by atoms with Gasteiger partial charge in [-0.3, -0.25) is 4.79 Å². The predicted octanol–water partition coefficient (Wildman–Crippen LogP) is 2.47. The molecule has 1 N–H and O–H groups in total. The summed E-state index contributed by atoms with van der Waals surface area (Å²) in [5, 5.41) is 12.9. The van der Waals surface area contributed by atoms with Gasteiger partial charge in [-0.05, 0) is 43.4 Å². The molecule has 0 atom stereocenters. The monoisotopic (exact) mass is 385 g/mol. The van der Waals surface area contributed by atoms with Crippen LogP contribution in [0.4, 0.5) is 0 Å². The lowest BCUT2D eigenvalue weighted by Crippen LogP contribution is -2.44. The van der Waals surface area contributed by atoms with Crippen LogP contribution in [0.2, 0.25) is 5.02 Å². The van der Waals surface area contributed by atoms with Crippen molar-refractivity contribution >= 4 is 17.5 Å². The van der Waals surface area contributed by atoms with Crippen molar-refractivity contribution in [3.63, 3.8) is 0 Å². The summed E-state index contributed by atoms with van der Waals surface area (Å²) in [6, 6.07) is 7.80. The zero-order valence-electron chi connectivity index (χ0n) is 15.3. The van der Waals surface area contributed by atoms with E-state index in [-0.39, 0.29) is 11.3 Å². The molecule has 1 saturated carbocycles. The molecule has 5 rings (SSSR count). The molecule has 0 radical (unpaired) electrons. The van der Waals surface area contributed by atoms with E-state index in [2.05, 4.69) is 25.0 Å². The number of benzene rings is 1. The van der Waals surface area contributed by atoms with E-state index in [1.54, 1.807) is 0 Å². The molecule has 0 unspecified atom stereocenters. The minimum Gasteiger partial charge on any atom is -0.342 e. The number of carbonyl (C=O) groups is 1. The first-order chi connectivity index (χ1) is 13.2. The number of hydrogen-bond acceptors (Lipinski definition) is 4. The summed E-state index contributed by atoms with van der Waals surface area (Å²) in [6.45, 7) is 4.32. The van der Waals surface area contributed by atoms with Gasteiger partial charge in [0.15, 0.2) is 0 Å². The van der Waals surface area contributed by atoms with Gasteiger partial charge in [-0.1, -0.05) is 23.7 Å². The molecule has 7 heteroatoms. The van der Waals surface area contributed by atoms with E-state index in [4.69, 9.17) is 11.6 Å². The number of piperidine rings is 1. The first kappa shape index (κ1) is 17.2. The van der Waals surface area contributed by atoms with E-state index in [1.807, 2.05) is 24.3 Å². The van der Waals surface area contributed by atoms with E-state index in [9.17, 15) is 4.79 Å². The molecular formula is C20H24ClN5O. The van der Waals surface area contributed by atoms with Crippen LogP contribution in [0.3, 0.4) is 0 Å². The highest BCUT2D eigenvalue weighted by Crippen LogP contribution is 2.50. The van der Waals surface area contributed by atoms with Gasteiger partial charge < -0.3 is 14.8 Å². The third kappa shape index (κ3) is 2.95. The number of fused-ring (bicyclic) bond motifs is 1. The number of likely N-dealkylation sites (tertiary alicyclic amines) is 1. The van der Waals surface area contributed by atoms with Crippen LogP contribution in [0.1, 0.15) is 48.8 Å². The standard InChI is InChI=1S/C20H24ClN5O/c21-16-3-1-15(2-4-16)20(7-8-20)19(27)25-10-5-14(6-11-25)18-24-23-17-13-22-9-12-26(17)18/h1-4,14,22H,5-13H2. The lowest BCUT2D eigenvalue weighted by molar-refractivity contribution is -0.135. The Hall–Kier alpha value is -1.92. The number of rotatable bonds is 3. The highest BCUT2D eigenvalue weighted by molar-refractivity contribution is 6.30. The Morgan fingerprint density at radius 2 is 1.85 bits per heavy atom. The number of aromatic nitrogens is 3. The minimum absolute atomic E-state index is 0.288. The second-order valence-electron chi connectivity index (χ2n) is 7.96. The summed E-state index contributed by atoms with van der Waals surface area (Å²) in [5.41, 5.74) is 0.801. The zero-order valence-corrected chi connectivity index (χ0v) is 16.1. The SMILES string of the molecule is O=C(N1CCC(c2nnc3n2CCNC3)CC1)C1(c2ccc(Cl)cc2)CC1. The number of nitrogens with one attached hydrogen (secondary N) is 1. The van der Waals surface area contributed by atoms with Crippen molar-refractivity contribution in [3.8, 4) is 0 Å². The number of amides is 1. The fourth-order valence-corrected chi connectivity index (χ4v) is 4.71. The number of nitrogens with zero attached hydrogens (tertiary/aromatic N) is 4. The van der Waals surface area contributed by atoms with E-state index in [0.29, 0.717) is 5.92 Å². The molecule has 1 aliphatic carbocycles. The first-order valence-corrected chi connectivity index (χ1v) is 10.2. The van der Waals surface area contributed by atoms with Gasteiger partial charge in [0.05, 0.1) is 12.0 Å². The summed E-state index contributed by atoms with van der Waals surface area (Å²) < 4.78 is 2.27. The third-order valence-electron chi connectivity index (χ3n) is 6.35. The van der Waals surface area contributed by atoms with Crippen LogP contribution in [0, 0.1) is 0 Å². The van der Waals surface area contributed by atoms with Crippen LogP contribution in [0.15, 0.2) is 24.3 Å². The Morgan fingerprint density at radius 3 is 2.56 bits per heavy atom. The normalized spacial score (nSPS) is 21.7. The molecule has 1 saturated heterocycles. The number of carbonyl (C=O) groups excluding carboxylic acids is 1. The molecule has 2 aliphatic heterocycles. The molecular weight excluding hydrogens is 362 g/mol. The minimum atomic E-state index is -0.308. The van der Waals surface area contributed by atoms with E-state index >= 15 is 0 Å². The van der Waals surface area contributed by atoms with Gasteiger partial charge in [0.1, 0.15) is 11.6 Å². The average molecular weight is 386 g/mol. The van der Waals surface area contributed by atoms with E-state index < -0.39 is 0 Å². The Bertz CT molecular complexity index is 850. The lowest BCUT2D eigenvalue weighted by Gasteiger charge is -2.34. The van der Waals surface area contributed by atoms with Gasteiger partial charge in [-0.2, -0.15) is 0 Å². The number of halogens is 1. The van der Waals surface area contributed by atoms with Crippen LogP contribution in [-0.4, -0.2) is 45.2 Å². The topological polar surface area (TPSA) is 63.1 Å². The highest BCUT2D eigenvalue weighted by atomic mass is 35.5. The maximum Gasteiger partial charge on any atom is 0.233 e. The van der Waals surface area contributed by atoms with Gasteiger partial charge in [-0.15, -0.1) is 10.2 Å². The van der Waals surface area contributed by atoms with Crippen molar-refractivity contribution in [1.29, 1.82) is 0 Å². The summed E-state index contributed by atoms with van der Waals surface area (Å²) in [4.78, 5) is 15.3. The predicted molar refractivity (Wildman–Crippen MR) is 103 cm³/mol.